The van der Waals surface area contributed by atoms with E-state index in [1.54, 1.807) is 13.8 Å². The maximum absolute atomic E-state index is 13.8. The van der Waals surface area contributed by atoms with Gasteiger partial charge in [0.1, 0.15) is 21.3 Å². The van der Waals surface area contributed by atoms with Crippen molar-refractivity contribution in [1.82, 2.24) is 9.97 Å². The van der Waals surface area contributed by atoms with Gasteiger partial charge >= 0.3 is 5.97 Å². The van der Waals surface area contributed by atoms with Gasteiger partial charge in [0.15, 0.2) is 5.82 Å². The van der Waals surface area contributed by atoms with Gasteiger partial charge in [-0.05, 0) is 43.7 Å². The molecule has 2 aromatic heterocycles. The summed E-state index contributed by atoms with van der Waals surface area (Å²) < 4.78 is 32.1. The van der Waals surface area contributed by atoms with Gasteiger partial charge in [0, 0.05) is 5.56 Å². The van der Waals surface area contributed by atoms with E-state index in [1.807, 2.05) is 0 Å². The van der Waals surface area contributed by atoms with Crippen molar-refractivity contribution in [2.75, 3.05) is 6.61 Å². The van der Waals surface area contributed by atoms with Crippen LogP contribution in [-0.4, -0.2) is 22.5 Å². The molecule has 3 rings (SSSR count). The molecule has 0 saturated heterocycles. The van der Waals surface area contributed by atoms with Crippen LogP contribution in [0.15, 0.2) is 23.0 Å². The molecule has 0 fully saturated rings. The normalized spacial score (nSPS) is 11.8. The minimum atomic E-state index is -0.672. The monoisotopic (exact) mass is 410 g/mol. The van der Waals surface area contributed by atoms with Gasteiger partial charge in [-0.2, -0.15) is 0 Å². The number of carbonyl (C=O) groups excluding carboxylic acids is 1. The van der Waals surface area contributed by atoms with Gasteiger partial charge in [-0.3, -0.25) is 4.79 Å². The Morgan fingerprint density at radius 2 is 2.15 bits per heavy atom. The number of esters is 1. The quantitative estimate of drug-likeness (QED) is 0.643. The van der Waals surface area contributed by atoms with E-state index < -0.39 is 23.2 Å². The lowest BCUT2D eigenvalue weighted by Gasteiger charge is -2.01. The van der Waals surface area contributed by atoms with Crippen LogP contribution >= 0.6 is 22.9 Å². The standard InChI is InChI=1S/C18H13ClF2N2O3S/c1-3-26-18(25)14-8(2)13-16(24)22-15(23-17(13)27-14)11(19)7-9-6-10(20)4-5-12(9)21/h4-7H,3H2,1-2H3,(H,22,23,24)/b11-7-. The number of rotatable bonds is 4. The SMILES string of the molecule is CCOC(=O)c1sc2nc(/C(Cl)=C/c3cc(F)ccc3F)[nH]c(=O)c2c1C. The zero-order chi connectivity index (χ0) is 19.7. The van der Waals surface area contributed by atoms with Crippen LogP contribution in [0.5, 0.6) is 0 Å². The number of H-pyrrole nitrogens is 1. The van der Waals surface area contributed by atoms with Crippen LogP contribution in [-0.2, 0) is 4.74 Å². The first-order valence-corrected chi connectivity index (χ1v) is 9.04. The number of hydrogen-bond donors (Lipinski definition) is 1. The average molecular weight is 411 g/mol. The second-order valence-corrected chi connectivity index (χ2v) is 6.94. The number of nitrogens with zero attached hydrogens (tertiary/aromatic N) is 1. The van der Waals surface area contributed by atoms with Crippen LogP contribution in [0.1, 0.15) is 33.5 Å². The summed E-state index contributed by atoms with van der Waals surface area (Å²) in [5, 5.41) is 0.176. The minimum absolute atomic E-state index is 0.0190. The Kier molecular flexibility index (Phi) is 5.38. The summed E-state index contributed by atoms with van der Waals surface area (Å²) in [6.45, 7) is 3.51. The van der Waals surface area contributed by atoms with Crippen LogP contribution in [0.2, 0.25) is 0 Å². The highest BCUT2D eigenvalue weighted by atomic mass is 35.5. The van der Waals surface area contributed by atoms with Gasteiger partial charge in [-0.1, -0.05) is 11.6 Å². The molecule has 3 aromatic rings. The van der Waals surface area contributed by atoms with Crippen molar-refractivity contribution >= 4 is 50.2 Å². The van der Waals surface area contributed by atoms with Gasteiger partial charge in [0.2, 0.25) is 0 Å². The highest BCUT2D eigenvalue weighted by Gasteiger charge is 2.20. The van der Waals surface area contributed by atoms with Crippen molar-refractivity contribution in [3.63, 3.8) is 0 Å². The van der Waals surface area contributed by atoms with Crippen LogP contribution in [0.3, 0.4) is 0 Å². The molecule has 0 amide bonds. The number of aromatic nitrogens is 2. The number of hydrogen-bond acceptors (Lipinski definition) is 5. The van der Waals surface area contributed by atoms with E-state index in [1.165, 1.54) is 0 Å². The van der Waals surface area contributed by atoms with Crippen LogP contribution in [0.25, 0.3) is 21.3 Å². The molecule has 0 aliphatic carbocycles. The van der Waals surface area contributed by atoms with Crippen molar-refractivity contribution in [2.45, 2.75) is 13.8 Å². The number of benzene rings is 1. The summed E-state index contributed by atoms with van der Waals surface area (Å²) in [7, 11) is 0. The lowest BCUT2D eigenvalue weighted by Crippen LogP contribution is -2.11. The molecule has 0 atom stereocenters. The second-order valence-electron chi connectivity index (χ2n) is 5.53. The minimum Gasteiger partial charge on any atom is -0.462 e. The largest absolute Gasteiger partial charge is 0.462 e. The van der Waals surface area contributed by atoms with E-state index in [0.717, 1.165) is 35.6 Å². The lowest BCUT2D eigenvalue weighted by atomic mass is 10.2. The maximum atomic E-state index is 13.8. The smallest absolute Gasteiger partial charge is 0.348 e. The van der Waals surface area contributed by atoms with Crippen molar-refractivity contribution in [2.24, 2.45) is 0 Å². The van der Waals surface area contributed by atoms with Gasteiger partial charge in [0.05, 0.1) is 17.0 Å². The summed E-state index contributed by atoms with van der Waals surface area (Å²) in [4.78, 5) is 31.8. The van der Waals surface area contributed by atoms with Gasteiger partial charge in [-0.15, -0.1) is 11.3 Å². The van der Waals surface area contributed by atoms with Gasteiger partial charge < -0.3 is 9.72 Å². The lowest BCUT2D eigenvalue weighted by molar-refractivity contribution is 0.0531. The van der Waals surface area contributed by atoms with Crippen molar-refractivity contribution in [3.8, 4) is 0 Å². The molecule has 0 unspecified atom stereocenters. The highest BCUT2D eigenvalue weighted by Crippen LogP contribution is 2.29. The van der Waals surface area contributed by atoms with Gasteiger partial charge in [-0.25, -0.2) is 18.6 Å². The molecule has 1 aromatic carbocycles. The number of aryl methyl sites for hydroxylation is 1. The molecule has 140 valence electrons. The van der Waals surface area contributed by atoms with Crippen LogP contribution in [0, 0.1) is 18.6 Å². The number of thiophene rings is 1. The molecule has 2 heterocycles. The molecule has 0 aliphatic rings. The Bertz CT molecular complexity index is 1140. The predicted octanol–water partition coefficient (Wildman–Crippen LogP) is 4.48. The first-order valence-electron chi connectivity index (χ1n) is 7.85. The fraction of sp³-hybridized carbons (Fsp3) is 0.167. The van der Waals surface area contributed by atoms with E-state index in [-0.39, 0.29) is 33.3 Å². The van der Waals surface area contributed by atoms with E-state index in [2.05, 4.69) is 9.97 Å². The maximum Gasteiger partial charge on any atom is 0.348 e. The Morgan fingerprint density at radius 1 is 1.41 bits per heavy atom. The fourth-order valence-corrected chi connectivity index (χ4v) is 3.76. The number of carbonyl (C=O) groups is 1. The third-order valence-electron chi connectivity index (χ3n) is 3.73. The molecule has 0 spiro atoms. The molecule has 9 heteroatoms. The topological polar surface area (TPSA) is 72.0 Å². The van der Waals surface area contributed by atoms with Crippen molar-refractivity contribution in [3.05, 3.63) is 62.0 Å². The second kappa shape index (κ2) is 7.58. The van der Waals surface area contributed by atoms with Crippen LogP contribution in [0.4, 0.5) is 8.78 Å². The Labute approximate surface area is 161 Å². The molecule has 0 bridgehead atoms. The molecule has 0 radical (unpaired) electrons. The predicted molar refractivity (Wildman–Crippen MR) is 101 cm³/mol. The molecular weight excluding hydrogens is 398 g/mol. The summed E-state index contributed by atoms with van der Waals surface area (Å²) >= 11 is 7.15. The van der Waals surface area contributed by atoms with Crippen molar-refractivity contribution in [1.29, 1.82) is 0 Å². The molecule has 27 heavy (non-hydrogen) atoms. The van der Waals surface area contributed by atoms with E-state index in [4.69, 9.17) is 16.3 Å². The van der Waals surface area contributed by atoms with E-state index >= 15 is 0 Å². The first kappa shape index (κ1) is 19.2. The fourth-order valence-electron chi connectivity index (χ4n) is 2.48. The number of halogens is 3. The molecular formula is C18H13ClF2N2O3S. The van der Waals surface area contributed by atoms with Gasteiger partial charge in [0.25, 0.3) is 5.56 Å². The summed E-state index contributed by atoms with van der Waals surface area (Å²) in [6.07, 6.45) is 1.16. The van der Waals surface area contributed by atoms with E-state index in [9.17, 15) is 18.4 Å². The third kappa shape index (κ3) is 3.77. The average Bonchev–Trinajstić information content (AvgIpc) is 2.95. The summed E-state index contributed by atoms with van der Waals surface area (Å²) in [5.74, 6) is -1.86. The molecule has 0 aliphatic heterocycles. The Hall–Kier alpha value is -2.58. The third-order valence-corrected chi connectivity index (χ3v) is 5.18. The first-order chi connectivity index (χ1) is 12.8. The number of aromatic amines is 1. The molecule has 1 N–H and O–H groups in total. The Balaban J connectivity index is 2.10. The number of nitrogens with one attached hydrogen (secondary N) is 1. The number of ether oxygens (including phenoxy) is 1. The molecule has 0 saturated carbocycles. The van der Waals surface area contributed by atoms with Crippen LogP contribution < -0.4 is 5.56 Å². The zero-order valence-corrected chi connectivity index (χ0v) is 15.8. The summed E-state index contributed by atoms with van der Waals surface area (Å²) in [5.41, 5.74) is -0.118. The Morgan fingerprint density at radius 3 is 2.85 bits per heavy atom. The highest BCUT2D eigenvalue weighted by molar-refractivity contribution is 7.20. The summed E-state index contributed by atoms with van der Waals surface area (Å²) in [6, 6.07) is 2.93. The van der Waals surface area contributed by atoms with E-state index in [0.29, 0.717) is 10.4 Å². The number of fused-ring (bicyclic) bond motifs is 1. The van der Waals surface area contributed by atoms with Crippen molar-refractivity contribution < 1.29 is 18.3 Å². The zero-order valence-electron chi connectivity index (χ0n) is 14.2. The molecule has 5 nitrogen and oxygen atoms in total.